The Morgan fingerprint density at radius 1 is 1.13 bits per heavy atom. The van der Waals surface area contributed by atoms with Crippen molar-refractivity contribution < 1.29 is 13.2 Å². The Balaban J connectivity index is 1.50. The number of likely N-dealkylation sites (tertiary alicyclic amines) is 1. The van der Waals surface area contributed by atoms with Crippen LogP contribution in [0.4, 0.5) is 5.95 Å². The van der Waals surface area contributed by atoms with E-state index >= 15 is 0 Å². The molecule has 0 saturated carbocycles. The number of aromatic nitrogens is 4. The highest BCUT2D eigenvalue weighted by atomic mass is 32.2. The van der Waals surface area contributed by atoms with Gasteiger partial charge in [-0.1, -0.05) is 6.92 Å². The summed E-state index contributed by atoms with van der Waals surface area (Å²) >= 11 is 0. The Kier molecular flexibility index (Phi) is 6.27. The van der Waals surface area contributed by atoms with Gasteiger partial charge < -0.3 is 14.4 Å². The van der Waals surface area contributed by atoms with Gasteiger partial charge in [0, 0.05) is 50.7 Å². The Labute approximate surface area is 183 Å². The third kappa shape index (κ3) is 5.06. The molecule has 0 aromatic carbocycles. The maximum atomic E-state index is 12.6. The molecule has 1 amide bonds. The van der Waals surface area contributed by atoms with Crippen LogP contribution in [0.3, 0.4) is 0 Å². The largest absolute Gasteiger partial charge is 0.341 e. The van der Waals surface area contributed by atoms with Gasteiger partial charge in [-0.25, -0.2) is 23.4 Å². The van der Waals surface area contributed by atoms with Crippen LogP contribution >= 0.6 is 0 Å². The van der Waals surface area contributed by atoms with Gasteiger partial charge in [0.15, 0.2) is 9.84 Å². The third-order valence-corrected chi connectivity index (χ3v) is 7.46. The molecule has 0 aliphatic carbocycles. The number of sulfone groups is 1. The van der Waals surface area contributed by atoms with Crippen LogP contribution < -0.4 is 4.90 Å². The van der Waals surface area contributed by atoms with E-state index in [4.69, 9.17) is 4.98 Å². The van der Waals surface area contributed by atoms with Crippen molar-refractivity contribution in [2.75, 3.05) is 37.3 Å². The number of carbonyl (C=O) groups is 1. The molecule has 2 saturated heterocycles. The zero-order valence-corrected chi connectivity index (χ0v) is 19.0. The van der Waals surface area contributed by atoms with E-state index in [9.17, 15) is 13.2 Å². The minimum absolute atomic E-state index is 0.00696. The molecule has 0 N–H and O–H groups in total. The van der Waals surface area contributed by atoms with Crippen LogP contribution in [0.1, 0.15) is 44.2 Å². The fourth-order valence-corrected chi connectivity index (χ4v) is 5.19. The summed E-state index contributed by atoms with van der Waals surface area (Å²) < 4.78 is 26.6. The summed E-state index contributed by atoms with van der Waals surface area (Å²) in [6.45, 7) is 5.46. The highest BCUT2D eigenvalue weighted by Crippen LogP contribution is 2.32. The first-order valence-electron chi connectivity index (χ1n) is 10.9. The number of anilines is 1. The number of hydrogen-bond acceptors (Lipinski definition) is 7. The average Bonchev–Trinajstić information content (AvgIpc) is 3.26. The number of piperidine rings is 2. The van der Waals surface area contributed by atoms with Crippen molar-refractivity contribution in [3.63, 3.8) is 0 Å². The summed E-state index contributed by atoms with van der Waals surface area (Å²) in [4.78, 5) is 29.9. The van der Waals surface area contributed by atoms with Crippen LogP contribution in [-0.2, 0) is 21.2 Å². The SMILES string of the molecule is CC1CCN(c2ncc(S(C)(=O)=O)c(C3CCN(C(=O)Cn4ccnc4)CC3)n2)CC1. The minimum Gasteiger partial charge on any atom is -0.341 e. The van der Waals surface area contributed by atoms with E-state index in [0.29, 0.717) is 43.5 Å². The molecular formula is C21H30N6O3S. The van der Waals surface area contributed by atoms with Crippen LogP contribution in [0.25, 0.3) is 0 Å². The number of rotatable bonds is 5. The van der Waals surface area contributed by atoms with Crippen molar-refractivity contribution in [3.05, 3.63) is 30.6 Å². The number of amides is 1. The van der Waals surface area contributed by atoms with E-state index in [0.717, 1.165) is 25.9 Å². The molecule has 2 aromatic rings. The standard InChI is InChI=1S/C21H30N6O3S/c1-16-3-8-27(9-4-16)21-23-13-18(31(2,29)30)20(24-21)17-5-10-26(11-6-17)19(28)14-25-12-7-22-15-25/h7,12-13,15-17H,3-6,8-11,14H2,1-2H3. The summed E-state index contributed by atoms with van der Waals surface area (Å²) in [5.74, 6) is 1.35. The quantitative estimate of drug-likeness (QED) is 0.689. The Bertz CT molecular complexity index is 1010. The summed E-state index contributed by atoms with van der Waals surface area (Å²) in [5, 5.41) is 0. The van der Waals surface area contributed by atoms with Crippen molar-refractivity contribution in [1.29, 1.82) is 0 Å². The molecule has 0 radical (unpaired) electrons. The van der Waals surface area contributed by atoms with E-state index in [1.807, 2.05) is 4.90 Å². The van der Waals surface area contributed by atoms with Crippen LogP contribution in [0.15, 0.2) is 29.8 Å². The van der Waals surface area contributed by atoms with Crippen molar-refractivity contribution in [3.8, 4) is 0 Å². The molecule has 0 unspecified atom stereocenters. The zero-order chi connectivity index (χ0) is 22.0. The summed E-state index contributed by atoms with van der Waals surface area (Å²) in [6.07, 6.45) is 11.3. The smallest absolute Gasteiger partial charge is 0.242 e. The third-order valence-electron chi connectivity index (χ3n) is 6.35. The molecule has 31 heavy (non-hydrogen) atoms. The maximum absolute atomic E-state index is 12.6. The average molecular weight is 447 g/mol. The van der Waals surface area contributed by atoms with Gasteiger partial charge in [0.05, 0.1) is 18.2 Å². The number of carbonyl (C=O) groups excluding carboxylic acids is 1. The minimum atomic E-state index is -3.44. The van der Waals surface area contributed by atoms with Crippen molar-refractivity contribution in [1.82, 2.24) is 24.4 Å². The molecule has 4 rings (SSSR count). The van der Waals surface area contributed by atoms with Gasteiger partial charge in [0.25, 0.3) is 0 Å². The van der Waals surface area contributed by atoms with Crippen LogP contribution in [0.2, 0.25) is 0 Å². The molecule has 2 aromatic heterocycles. The lowest BCUT2D eigenvalue weighted by Crippen LogP contribution is -2.40. The fourth-order valence-electron chi connectivity index (χ4n) is 4.35. The van der Waals surface area contributed by atoms with Crippen molar-refractivity contribution in [2.24, 2.45) is 5.92 Å². The van der Waals surface area contributed by atoms with E-state index in [-0.39, 0.29) is 23.3 Å². The van der Waals surface area contributed by atoms with Gasteiger partial charge in [-0.3, -0.25) is 4.79 Å². The maximum Gasteiger partial charge on any atom is 0.242 e. The lowest BCUT2D eigenvalue weighted by Gasteiger charge is -2.34. The van der Waals surface area contributed by atoms with Gasteiger partial charge in [-0.05, 0) is 31.6 Å². The van der Waals surface area contributed by atoms with E-state index < -0.39 is 9.84 Å². The first kappa shape index (κ1) is 21.7. The van der Waals surface area contributed by atoms with Crippen LogP contribution in [0.5, 0.6) is 0 Å². The lowest BCUT2D eigenvalue weighted by atomic mass is 9.93. The predicted octanol–water partition coefficient (Wildman–Crippen LogP) is 1.72. The second kappa shape index (κ2) is 8.94. The molecular weight excluding hydrogens is 416 g/mol. The van der Waals surface area contributed by atoms with Gasteiger partial charge in [-0.15, -0.1) is 0 Å². The Morgan fingerprint density at radius 2 is 1.84 bits per heavy atom. The Hall–Kier alpha value is -2.49. The highest BCUT2D eigenvalue weighted by Gasteiger charge is 2.30. The monoisotopic (exact) mass is 446 g/mol. The molecule has 2 aliphatic heterocycles. The van der Waals surface area contributed by atoms with Gasteiger partial charge in [0.2, 0.25) is 11.9 Å². The first-order valence-corrected chi connectivity index (χ1v) is 12.8. The molecule has 2 fully saturated rings. The van der Waals surface area contributed by atoms with E-state index in [1.165, 1.54) is 12.5 Å². The van der Waals surface area contributed by atoms with E-state index in [2.05, 4.69) is 21.8 Å². The zero-order valence-electron chi connectivity index (χ0n) is 18.1. The molecule has 9 nitrogen and oxygen atoms in total. The first-order chi connectivity index (χ1) is 14.8. The predicted molar refractivity (Wildman–Crippen MR) is 117 cm³/mol. The van der Waals surface area contributed by atoms with Crippen LogP contribution in [0, 0.1) is 5.92 Å². The highest BCUT2D eigenvalue weighted by molar-refractivity contribution is 7.90. The fraction of sp³-hybridized carbons (Fsp3) is 0.619. The normalized spacial score (nSPS) is 19.0. The Morgan fingerprint density at radius 3 is 2.45 bits per heavy atom. The second-order valence-corrected chi connectivity index (χ2v) is 10.7. The van der Waals surface area contributed by atoms with Gasteiger partial charge in [-0.2, -0.15) is 0 Å². The van der Waals surface area contributed by atoms with Gasteiger partial charge >= 0.3 is 0 Å². The summed E-state index contributed by atoms with van der Waals surface area (Å²) in [6, 6.07) is 0. The number of imidazole rings is 1. The molecule has 168 valence electrons. The van der Waals surface area contributed by atoms with Crippen LogP contribution in [-0.4, -0.2) is 71.2 Å². The molecule has 10 heteroatoms. The summed E-state index contributed by atoms with van der Waals surface area (Å²) in [5.41, 5.74) is 0.604. The number of nitrogens with zero attached hydrogens (tertiary/aromatic N) is 6. The lowest BCUT2D eigenvalue weighted by molar-refractivity contribution is -0.132. The van der Waals surface area contributed by atoms with Crippen molar-refractivity contribution in [2.45, 2.75) is 50.0 Å². The van der Waals surface area contributed by atoms with E-state index in [1.54, 1.807) is 23.3 Å². The molecule has 0 bridgehead atoms. The topological polar surface area (TPSA) is 101 Å². The molecule has 2 aliphatic rings. The molecule has 0 spiro atoms. The van der Waals surface area contributed by atoms with Crippen molar-refractivity contribution >= 4 is 21.7 Å². The number of hydrogen-bond donors (Lipinski definition) is 0. The molecule has 4 heterocycles. The second-order valence-electron chi connectivity index (χ2n) is 8.75. The van der Waals surface area contributed by atoms with Gasteiger partial charge in [0.1, 0.15) is 11.4 Å². The molecule has 0 atom stereocenters. The summed E-state index contributed by atoms with van der Waals surface area (Å²) in [7, 11) is -3.44.